The molecule has 0 aromatic heterocycles. The summed E-state index contributed by atoms with van der Waals surface area (Å²) < 4.78 is 22.0. The molecule has 1 aromatic rings. The molecule has 0 saturated carbocycles. The molecular weight excluding hydrogens is 400 g/mol. The van der Waals surface area contributed by atoms with Gasteiger partial charge in [0, 0.05) is 37.2 Å². The molecule has 1 atom stereocenters. The van der Waals surface area contributed by atoms with Crippen LogP contribution in [0.15, 0.2) is 18.2 Å². The molecule has 0 radical (unpaired) electrons. The van der Waals surface area contributed by atoms with Gasteiger partial charge in [0.2, 0.25) is 5.91 Å². The normalized spacial score (nSPS) is 23.1. The molecule has 3 heterocycles. The number of likely N-dealkylation sites (tertiary alicyclic amines) is 2. The Balaban J connectivity index is 1.37. The molecule has 8 heteroatoms. The Hall–Kier alpha value is -2.32. The number of hydrogen-bond acceptors (Lipinski definition) is 6. The number of benzene rings is 1. The molecule has 0 bridgehead atoms. The SMILES string of the molecule is COc1cc(OC)cc(C(=O)N2CCC(C(=O)N3CCCCC3C3OCCO3)CC2)c1. The van der Waals surface area contributed by atoms with Crippen LogP contribution in [-0.4, -0.2) is 81.0 Å². The van der Waals surface area contributed by atoms with Crippen LogP contribution in [0.2, 0.25) is 0 Å². The van der Waals surface area contributed by atoms with Crippen LogP contribution in [0.1, 0.15) is 42.5 Å². The van der Waals surface area contributed by atoms with E-state index in [-0.39, 0.29) is 30.1 Å². The summed E-state index contributed by atoms with van der Waals surface area (Å²) in [7, 11) is 3.13. The zero-order chi connectivity index (χ0) is 21.8. The number of hydrogen-bond donors (Lipinski definition) is 0. The van der Waals surface area contributed by atoms with Gasteiger partial charge in [-0.2, -0.15) is 0 Å². The van der Waals surface area contributed by atoms with Crippen LogP contribution in [0.5, 0.6) is 11.5 Å². The summed E-state index contributed by atoms with van der Waals surface area (Å²) in [5, 5.41) is 0. The van der Waals surface area contributed by atoms with E-state index in [1.807, 2.05) is 9.80 Å². The van der Waals surface area contributed by atoms with Gasteiger partial charge in [0.25, 0.3) is 5.91 Å². The van der Waals surface area contributed by atoms with Gasteiger partial charge in [-0.25, -0.2) is 0 Å². The summed E-state index contributed by atoms with van der Waals surface area (Å²) in [6.45, 7) is 3.07. The van der Waals surface area contributed by atoms with Gasteiger partial charge in [0.1, 0.15) is 11.5 Å². The Morgan fingerprint density at radius 2 is 1.55 bits per heavy atom. The molecule has 31 heavy (non-hydrogen) atoms. The van der Waals surface area contributed by atoms with Crippen molar-refractivity contribution in [3.8, 4) is 11.5 Å². The Morgan fingerprint density at radius 1 is 0.903 bits per heavy atom. The van der Waals surface area contributed by atoms with Crippen molar-refractivity contribution in [1.29, 1.82) is 0 Å². The third kappa shape index (κ3) is 4.80. The number of ether oxygens (including phenoxy) is 4. The molecule has 4 rings (SSSR count). The van der Waals surface area contributed by atoms with Gasteiger partial charge >= 0.3 is 0 Å². The molecule has 1 unspecified atom stereocenters. The molecule has 3 aliphatic heterocycles. The first kappa shape index (κ1) is 21.9. The molecule has 3 saturated heterocycles. The number of amides is 2. The van der Waals surface area contributed by atoms with Crippen LogP contribution in [-0.2, 0) is 14.3 Å². The lowest BCUT2D eigenvalue weighted by atomic mass is 9.92. The van der Waals surface area contributed by atoms with Crippen LogP contribution < -0.4 is 9.47 Å². The first-order valence-corrected chi connectivity index (χ1v) is 11.2. The summed E-state index contributed by atoms with van der Waals surface area (Å²) in [4.78, 5) is 30.1. The quantitative estimate of drug-likeness (QED) is 0.711. The van der Waals surface area contributed by atoms with Gasteiger partial charge in [0.15, 0.2) is 6.29 Å². The Labute approximate surface area is 183 Å². The number of carbonyl (C=O) groups is 2. The Kier molecular flexibility index (Phi) is 6.97. The van der Waals surface area contributed by atoms with Crippen molar-refractivity contribution in [3.63, 3.8) is 0 Å². The molecule has 8 nitrogen and oxygen atoms in total. The van der Waals surface area contributed by atoms with E-state index in [2.05, 4.69) is 0 Å². The summed E-state index contributed by atoms with van der Waals surface area (Å²) in [6.07, 6.45) is 4.07. The van der Waals surface area contributed by atoms with Crippen LogP contribution >= 0.6 is 0 Å². The van der Waals surface area contributed by atoms with E-state index in [9.17, 15) is 9.59 Å². The number of rotatable bonds is 5. The topological polar surface area (TPSA) is 77.5 Å². The first-order chi connectivity index (χ1) is 15.1. The first-order valence-electron chi connectivity index (χ1n) is 11.2. The van der Waals surface area contributed by atoms with Crippen molar-refractivity contribution in [2.24, 2.45) is 5.92 Å². The van der Waals surface area contributed by atoms with Gasteiger partial charge in [-0.05, 0) is 44.2 Å². The van der Waals surface area contributed by atoms with Gasteiger partial charge in [-0.15, -0.1) is 0 Å². The fourth-order valence-electron chi connectivity index (χ4n) is 4.79. The van der Waals surface area contributed by atoms with Crippen LogP contribution in [0, 0.1) is 5.92 Å². The minimum Gasteiger partial charge on any atom is -0.497 e. The minimum atomic E-state index is -0.297. The molecule has 0 aliphatic carbocycles. The lowest BCUT2D eigenvalue weighted by Crippen LogP contribution is -2.53. The second-order valence-corrected chi connectivity index (χ2v) is 8.37. The van der Waals surface area contributed by atoms with Crippen molar-refractivity contribution < 1.29 is 28.5 Å². The van der Waals surface area contributed by atoms with Crippen molar-refractivity contribution in [3.05, 3.63) is 23.8 Å². The largest absolute Gasteiger partial charge is 0.497 e. The smallest absolute Gasteiger partial charge is 0.254 e. The lowest BCUT2D eigenvalue weighted by molar-refractivity contribution is -0.155. The highest BCUT2D eigenvalue weighted by atomic mass is 16.7. The van der Waals surface area contributed by atoms with Crippen molar-refractivity contribution in [2.45, 2.75) is 44.4 Å². The summed E-state index contributed by atoms with van der Waals surface area (Å²) in [6, 6.07) is 5.20. The standard InChI is InChI=1S/C23H32N2O6/c1-28-18-13-17(14-19(15-18)29-2)21(26)24-9-6-16(7-10-24)22(27)25-8-4-3-5-20(25)23-30-11-12-31-23/h13-16,20,23H,3-12H2,1-2H3. The summed E-state index contributed by atoms with van der Waals surface area (Å²) in [5.74, 6) is 1.22. The maximum absolute atomic E-state index is 13.3. The van der Waals surface area contributed by atoms with Crippen molar-refractivity contribution >= 4 is 11.8 Å². The minimum absolute atomic E-state index is 0.00709. The van der Waals surface area contributed by atoms with E-state index < -0.39 is 0 Å². The number of nitrogens with zero attached hydrogens (tertiary/aromatic N) is 2. The van der Waals surface area contributed by atoms with Gasteiger partial charge in [-0.3, -0.25) is 9.59 Å². The Morgan fingerprint density at radius 3 is 2.16 bits per heavy atom. The molecule has 0 N–H and O–H groups in total. The molecule has 170 valence electrons. The third-order valence-corrected chi connectivity index (χ3v) is 6.52. The van der Waals surface area contributed by atoms with Crippen LogP contribution in [0.3, 0.4) is 0 Å². The van der Waals surface area contributed by atoms with E-state index in [1.165, 1.54) is 0 Å². The number of piperidine rings is 2. The zero-order valence-electron chi connectivity index (χ0n) is 18.4. The van der Waals surface area contributed by atoms with Gasteiger partial charge in [-0.1, -0.05) is 0 Å². The van der Waals surface area contributed by atoms with Crippen LogP contribution in [0.4, 0.5) is 0 Å². The highest BCUT2D eigenvalue weighted by Crippen LogP contribution is 2.30. The van der Waals surface area contributed by atoms with Crippen molar-refractivity contribution in [2.75, 3.05) is 47.1 Å². The monoisotopic (exact) mass is 432 g/mol. The number of carbonyl (C=O) groups excluding carboxylic acids is 2. The van der Waals surface area contributed by atoms with E-state index in [1.54, 1.807) is 32.4 Å². The highest BCUT2D eigenvalue weighted by molar-refractivity contribution is 5.95. The lowest BCUT2D eigenvalue weighted by Gasteiger charge is -2.41. The summed E-state index contributed by atoms with van der Waals surface area (Å²) in [5.41, 5.74) is 0.535. The molecular formula is C23H32N2O6. The Bertz CT molecular complexity index is 764. The predicted molar refractivity (Wildman–Crippen MR) is 113 cm³/mol. The fourth-order valence-corrected chi connectivity index (χ4v) is 4.79. The summed E-state index contributed by atoms with van der Waals surface area (Å²) >= 11 is 0. The maximum Gasteiger partial charge on any atom is 0.254 e. The molecule has 0 spiro atoms. The van der Waals surface area contributed by atoms with Gasteiger partial charge < -0.3 is 28.7 Å². The zero-order valence-corrected chi connectivity index (χ0v) is 18.4. The van der Waals surface area contributed by atoms with Crippen LogP contribution in [0.25, 0.3) is 0 Å². The molecule has 3 aliphatic rings. The van der Waals surface area contributed by atoms with E-state index in [4.69, 9.17) is 18.9 Å². The van der Waals surface area contributed by atoms with E-state index >= 15 is 0 Å². The van der Waals surface area contributed by atoms with Gasteiger partial charge in [0.05, 0.1) is 33.5 Å². The average molecular weight is 433 g/mol. The average Bonchev–Trinajstić information content (AvgIpc) is 3.37. The second kappa shape index (κ2) is 9.87. The van der Waals surface area contributed by atoms with Crippen molar-refractivity contribution in [1.82, 2.24) is 9.80 Å². The van der Waals surface area contributed by atoms with E-state index in [0.717, 1.165) is 25.8 Å². The fraction of sp³-hybridized carbons (Fsp3) is 0.652. The number of methoxy groups -OCH3 is 2. The molecule has 2 amide bonds. The second-order valence-electron chi connectivity index (χ2n) is 8.37. The highest BCUT2D eigenvalue weighted by Gasteiger charge is 2.39. The molecule has 3 fully saturated rings. The van der Waals surface area contributed by atoms with E-state index in [0.29, 0.717) is 56.2 Å². The maximum atomic E-state index is 13.3. The molecule has 1 aromatic carbocycles. The third-order valence-electron chi connectivity index (χ3n) is 6.52. The predicted octanol–water partition coefficient (Wildman–Crippen LogP) is 2.31.